The third kappa shape index (κ3) is 6.05. The molecule has 0 aliphatic heterocycles. The Bertz CT molecular complexity index is 548. The molecule has 0 aliphatic rings. The van der Waals surface area contributed by atoms with Crippen LogP contribution < -0.4 is 10.6 Å². The maximum absolute atomic E-state index is 12.2. The first-order valence-corrected chi connectivity index (χ1v) is 8.56. The van der Waals surface area contributed by atoms with E-state index >= 15 is 0 Å². The highest BCUT2D eigenvalue weighted by atomic mass is 16.2. The van der Waals surface area contributed by atoms with Crippen LogP contribution >= 0.6 is 0 Å². The number of urea groups is 1. The summed E-state index contributed by atoms with van der Waals surface area (Å²) in [4.78, 5) is 12.2. The number of nitrogens with one attached hydrogen (secondary N) is 2. The van der Waals surface area contributed by atoms with Crippen molar-refractivity contribution in [2.24, 2.45) is 0 Å². The number of unbranched alkanes of at least 4 members (excludes halogenated alkanes) is 3. The van der Waals surface area contributed by atoms with E-state index in [9.17, 15) is 4.79 Å². The van der Waals surface area contributed by atoms with Gasteiger partial charge in [0.2, 0.25) is 0 Å². The third-order valence-electron chi connectivity index (χ3n) is 3.91. The topological polar surface area (TPSA) is 61.4 Å². The molecule has 4 heteroatoms. The Labute approximate surface area is 143 Å². The van der Waals surface area contributed by atoms with Gasteiger partial charge in [-0.1, -0.05) is 73.5 Å². The summed E-state index contributed by atoms with van der Waals surface area (Å²) in [6.07, 6.45) is 3.77. The van der Waals surface area contributed by atoms with Gasteiger partial charge in [0.25, 0.3) is 0 Å². The van der Waals surface area contributed by atoms with E-state index in [2.05, 4.69) is 10.6 Å². The molecule has 24 heavy (non-hydrogen) atoms. The third-order valence-corrected chi connectivity index (χ3v) is 3.91. The second-order valence-electron chi connectivity index (χ2n) is 5.79. The second-order valence-corrected chi connectivity index (χ2v) is 5.79. The maximum atomic E-state index is 12.2. The average Bonchev–Trinajstić information content (AvgIpc) is 2.64. The molecular weight excluding hydrogens is 300 g/mol. The van der Waals surface area contributed by atoms with Crippen molar-refractivity contribution in [1.82, 2.24) is 10.6 Å². The van der Waals surface area contributed by atoms with Gasteiger partial charge in [-0.25, -0.2) is 4.79 Å². The zero-order valence-electron chi connectivity index (χ0n) is 13.9. The largest absolute Gasteiger partial charge is 0.396 e. The molecule has 2 rings (SSSR count). The number of aliphatic hydroxyl groups is 1. The number of hydrogen-bond donors (Lipinski definition) is 3. The van der Waals surface area contributed by atoms with Crippen LogP contribution in [0.15, 0.2) is 60.7 Å². The Hall–Kier alpha value is -2.33. The van der Waals surface area contributed by atoms with Crippen molar-refractivity contribution < 1.29 is 9.90 Å². The Morgan fingerprint density at radius 3 is 1.92 bits per heavy atom. The molecule has 0 heterocycles. The van der Waals surface area contributed by atoms with E-state index in [1.165, 1.54) is 0 Å². The van der Waals surface area contributed by atoms with Crippen LogP contribution in [0.3, 0.4) is 0 Å². The fourth-order valence-electron chi connectivity index (χ4n) is 2.62. The molecule has 128 valence electrons. The SMILES string of the molecule is O=C(NCCCCCCO)NC(c1ccccc1)c1ccccc1. The number of amides is 2. The van der Waals surface area contributed by atoms with Crippen molar-refractivity contribution in [3.05, 3.63) is 71.8 Å². The highest BCUT2D eigenvalue weighted by Crippen LogP contribution is 2.21. The van der Waals surface area contributed by atoms with E-state index in [1.54, 1.807) is 0 Å². The Morgan fingerprint density at radius 2 is 1.38 bits per heavy atom. The molecule has 2 aromatic carbocycles. The first-order chi connectivity index (χ1) is 11.8. The second kappa shape index (κ2) is 10.4. The van der Waals surface area contributed by atoms with Crippen LogP contribution in [-0.4, -0.2) is 24.3 Å². The summed E-state index contributed by atoms with van der Waals surface area (Å²) in [6, 6.07) is 19.6. The van der Waals surface area contributed by atoms with E-state index in [4.69, 9.17) is 5.11 Å². The molecule has 0 unspecified atom stereocenters. The van der Waals surface area contributed by atoms with Gasteiger partial charge < -0.3 is 15.7 Å². The van der Waals surface area contributed by atoms with Gasteiger partial charge in [-0.05, 0) is 24.0 Å². The Kier molecular flexibility index (Phi) is 7.84. The van der Waals surface area contributed by atoms with E-state index in [1.807, 2.05) is 60.7 Å². The van der Waals surface area contributed by atoms with Gasteiger partial charge in [0.1, 0.15) is 0 Å². The lowest BCUT2D eigenvalue weighted by Crippen LogP contribution is -2.38. The normalized spacial score (nSPS) is 10.6. The van der Waals surface area contributed by atoms with Crippen LogP contribution in [0.25, 0.3) is 0 Å². The summed E-state index contributed by atoms with van der Waals surface area (Å²) in [5, 5.41) is 14.7. The summed E-state index contributed by atoms with van der Waals surface area (Å²) >= 11 is 0. The maximum Gasteiger partial charge on any atom is 0.315 e. The summed E-state index contributed by atoms with van der Waals surface area (Å²) in [6.45, 7) is 0.886. The summed E-state index contributed by atoms with van der Waals surface area (Å²) < 4.78 is 0. The van der Waals surface area contributed by atoms with Crippen molar-refractivity contribution in [3.63, 3.8) is 0 Å². The lowest BCUT2D eigenvalue weighted by Gasteiger charge is -2.20. The van der Waals surface area contributed by atoms with Crippen molar-refractivity contribution in [2.45, 2.75) is 31.7 Å². The minimum Gasteiger partial charge on any atom is -0.396 e. The Balaban J connectivity index is 1.90. The van der Waals surface area contributed by atoms with Gasteiger partial charge in [-0.2, -0.15) is 0 Å². The fraction of sp³-hybridized carbons (Fsp3) is 0.350. The number of aliphatic hydroxyl groups excluding tert-OH is 1. The van der Waals surface area contributed by atoms with Crippen LogP contribution in [0.5, 0.6) is 0 Å². The average molecular weight is 326 g/mol. The van der Waals surface area contributed by atoms with Gasteiger partial charge in [0, 0.05) is 13.2 Å². The van der Waals surface area contributed by atoms with Crippen molar-refractivity contribution in [3.8, 4) is 0 Å². The van der Waals surface area contributed by atoms with E-state index in [-0.39, 0.29) is 18.7 Å². The molecule has 2 aromatic rings. The van der Waals surface area contributed by atoms with Crippen molar-refractivity contribution >= 4 is 6.03 Å². The lowest BCUT2D eigenvalue weighted by molar-refractivity contribution is 0.238. The molecule has 0 fully saturated rings. The molecular formula is C20H26N2O2. The summed E-state index contributed by atoms with van der Waals surface area (Å²) in [5.41, 5.74) is 2.11. The quantitative estimate of drug-likeness (QED) is 0.616. The monoisotopic (exact) mass is 326 g/mol. The Morgan fingerprint density at radius 1 is 0.833 bits per heavy atom. The predicted molar refractivity (Wildman–Crippen MR) is 96.8 cm³/mol. The standard InChI is InChI=1S/C20H26N2O2/c23-16-10-2-1-9-15-21-20(24)22-19(17-11-5-3-6-12-17)18-13-7-4-8-14-18/h3-8,11-14,19,23H,1-2,9-10,15-16H2,(H2,21,22,24). The number of carbonyl (C=O) groups excluding carboxylic acids is 1. The summed E-state index contributed by atoms with van der Waals surface area (Å²) in [5.74, 6) is 0. The molecule has 3 N–H and O–H groups in total. The molecule has 0 aromatic heterocycles. The van der Waals surface area contributed by atoms with E-state index in [0.29, 0.717) is 6.54 Å². The van der Waals surface area contributed by atoms with Crippen LogP contribution in [0.2, 0.25) is 0 Å². The minimum absolute atomic E-state index is 0.158. The minimum atomic E-state index is -0.165. The smallest absolute Gasteiger partial charge is 0.315 e. The lowest BCUT2D eigenvalue weighted by atomic mass is 9.99. The molecule has 4 nitrogen and oxygen atoms in total. The first kappa shape index (κ1) is 18.0. The van der Waals surface area contributed by atoms with Gasteiger partial charge >= 0.3 is 6.03 Å². The van der Waals surface area contributed by atoms with Crippen molar-refractivity contribution in [1.29, 1.82) is 0 Å². The predicted octanol–water partition coefficient (Wildman–Crippen LogP) is 3.63. The first-order valence-electron chi connectivity index (χ1n) is 8.56. The molecule has 0 aliphatic carbocycles. The zero-order chi connectivity index (χ0) is 17.0. The number of rotatable bonds is 9. The van der Waals surface area contributed by atoms with Crippen LogP contribution in [-0.2, 0) is 0 Å². The van der Waals surface area contributed by atoms with Crippen LogP contribution in [0.4, 0.5) is 4.79 Å². The molecule has 0 spiro atoms. The molecule has 0 saturated carbocycles. The van der Waals surface area contributed by atoms with Crippen LogP contribution in [0.1, 0.15) is 42.9 Å². The number of benzene rings is 2. The summed E-state index contributed by atoms with van der Waals surface area (Å²) in [7, 11) is 0. The van der Waals surface area contributed by atoms with Gasteiger partial charge in [0.15, 0.2) is 0 Å². The fourth-order valence-corrected chi connectivity index (χ4v) is 2.62. The van der Waals surface area contributed by atoms with E-state index < -0.39 is 0 Å². The molecule has 0 saturated heterocycles. The highest BCUT2D eigenvalue weighted by molar-refractivity contribution is 5.75. The number of hydrogen-bond acceptors (Lipinski definition) is 2. The van der Waals surface area contributed by atoms with Crippen LogP contribution in [0, 0.1) is 0 Å². The molecule has 0 radical (unpaired) electrons. The van der Waals surface area contributed by atoms with Crippen molar-refractivity contribution in [2.75, 3.05) is 13.2 Å². The van der Waals surface area contributed by atoms with Gasteiger partial charge in [-0.15, -0.1) is 0 Å². The van der Waals surface area contributed by atoms with Gasteiger partial charge in [-0.3, -0.25) is 0 Å². The molecule has 0 atom stereocenters. The highest BCUT2D eigenvalue weighted by Gasteiger charge is 2.15. The molecule has 2 amide bonds. The molecule has 0 bridgehead atoms. The number of carbonyl (C=O) groups is 1. The zero-order valence-corrected chi connectivity index (χ0v) is 13.9. The van der Waals surface area contributed by atoms with E-state index in [0.717, 1.165) is 36.8 Å². The van der Waals surface area contributed by atoms with Gasteiger partial charge in [0.05, 0.1) is 6.04 Å².